The summed E-state index contributed by atoms with van der Waals surface area (Å²) >= 11 is 0. The highest BCUT2D eigenvalue weighted by atomic mass is 16.5. The highest BCUT2D eigenvalue weighted by Gasteiger charge is 2.56. The van der Waals surface area contributed by atoms with Crippen molar-refractivity contribution in [2.45, 2.75) is 57.5 Å². The first kappa shape index (κ1) is 11.5. The topological polar surface area (TPSA) is 46.5 Å². The van der Waals surface area contributed by atoms with Crippen molar-refractivity contribution < 1.29 is 14.6 Å². The van der Waals surface area contributed by atoms with Crippen LogP contribution >= 0.6 is 0 Å². The third-order valence-electron chi connectivity index (χ3n) is 5.27. The van der Waals surface area contributed by atoms with Gasteiger partial charge in [0.15, 0.2) is 0 Å². The molecule has 3 fully saturated rings. The number of carboxylic acid groups (broad SMARTS) is 1. The first-order valence-electron chi connectivity index (χ1n) is 7.06. The molecule has 3 heteroatoms. The lowest BCUT2D eigenvalue weighted by Crippen LogP contribution is -2.40. The number of hydrogen-bond acceptors (Lipinski definition) is 2. The fraction of sp³-hybridized carbons (Fsp3) is 0.929. The standard InChI is InChI=1S/C14H22O3/c15-13(16)14(8-10-4-5-11(14)7-10)9-12-3-1-2-6-17-12/h10-12H,1-9H2,(H,15,16). The van der Waals surface area contributed by atoms with Crippen LogP contribution < -0.4 is 0 Å². The summed E-state index contributed by atoms with van der Waals surface area (Å²) in [6.07, 6.45) is 8.83. The van der Waals surface area contributed by atoms with E-state index in [1.165, 1.54) is 12.8 Å². The molecule has 1 saturated heterocycles. The Morgan fingerprint density at radius 2 is 2.18 bits per heavy atom. The monoisotopic (exact) mass is 238 g/mol. The van der Waals surface area contributed by atoms with Gasteiger partial charge in [0, 0.05) is 6.61 Å². The smallest absolute Gasteiger partial charge is 0.310 e. The average molecular weight is 238 g/mol. The SMILES string of the molecule is O=C(O)C1(CC2CCCCO2)CC2CCC1C2. The van der Waals surface area contributed by atoms with Gasteiger partial charge in [0.25, 0.3) is 0 Å². The minimum absolute atomic E-state index is 0.208. The Hall–Kier alpha value is -0.570. The fourth-order valence-corrected chi connectivity index (χ4v) is 4.42. The van der Waals surface area contributed by atoms with Crippen LogP contribution in [0.2, 0.25) is 0 Å². The molecule has 0 aromatic heterocycles. The third-order valence-corrected chi connectivity index (χ3v) is 5.27. The van der Waals surface area contributed by atoms with E-state index in [2.05, 4.69) is 0 Å². The van der Waals surface area contributed by atoms with Crippen molar-refractivity contribution in [3.05, 3.63) is 0 Å². The Morgan fingerprint density at radius 1 is 1.29 bits per heavy atom. The molecule has 2 aliphatic carbocycles. The zero-order chi connectivity index (χ0) is 11.9. The first-order valence-corrected chi connectivity index (χ1v) is 7.06. The minimum Gasteiger partial charge on any atom is -0.481 e. The first-order chi connectivity index (χ1) is 8.21. The van der Waals surface area contributed by atoms with Crippen LogP contribution in [0.4, 0.5) is 0 Å². The Morgan fingerprint density at radius 3 is 2.71 bits per heavy atom. The Balaban J connectivity index is 1.74. The van der Waals surface area contributed by atoms with Crippen molar-refractivity contribution in [3.63, 3.8) is 0 Å². The summed E-state index contributed by atoms with van der Waals surface area (Å²) in [5.41, 5.74) is -0.440. The number of fused-ring (bicyclic) bond motifs is 2. The minimum atomic E-state index is -0.557. The number of rotatable bonds is 3. The molecule has 0 aromatic rings. The molecule has 0 spiro atoms. The molecule has 17 heavy (non-hydrogen) atoms. The van der Waals surface area contributed by atoms with E-state index in [4.69, 9.17) is 4.74 Å². The van der Waals surface area contributed by atoms with Gasteiger partial charge in [0.05, 0.1) is 11.5 Å². The normalized spacial score (nSPS) is 45.1. The van der Waals surface area contributed by atoms with Crippen molar-refractivity contribution in [2.75, 3.05) is 6.61 Å². The van der Waals surface area contributed by atoms with Gasteiger partial charge in [-0.25, -0.2) is 0 Å². The van der Waals surface area contributed by atoms with Crippen LogP contribution in [-0.2, 0) is 9.53 Å². The van der Waals surface area contributed by atoms with Crippen molar-refractivity contribution in [3.8, 4) is 0 Å². The highest BCUT2D eigenvalue weighted by Crippen LogP contribution is 2.58. The molecule has 4 unspecified atom stereocenters. The fourth-order valence-electron chi connectivity index (χ4n) is 4.42. The molecule has 1 N–H and O–H groups in total. The van der Waals surface area contributed by atoms with E-state index >= 15 is 0 Å². The van der Waals surface area contributed by atoms with Crippen molar-refractivity contribution >= 4 is 5.97 Å². The number of aliphatic carboxylic acids is 1. The third kappa shape index (κ3) is 1.88. The molecule has 2 saturated carbocycles. The summed E-state index contributed by atoms with van der Waals surface area (Å²) in [5, 5.41) is 9.66. The van der Waals surface area contributed by atoms with Crippen LogP contribution in [0.5, 0.6) is 0 Å². The predicted molar refractivity (Wildman–Crippen MR) is 63.7 cm³/mol. The van der Waals surface area contributed by atoms with Gasteiger partial charge in [0.1, 0.15) is 0 Å². The molecular formula is C14H22O3. The quantitative estimate of drug-likeness (QED) is 0.822. The molecule has 0 radical (unpaired) electrons. The summed E-state index contributed by atoms with van der Waals surface area (Å²) in [6.45, 7) is 0.828. The van der Waals surface area contributed by atoms with Crippen LogP contribution in [-0.4, -0.2) is 23.8 Å². The van der Waals surface area contributed by atoms with Crippen LogP contribution in [0.25, 0.3) is 0 Å². The molecule has 96 valence electrons. The number of hydrogen-bond donors (Lipinski definition) is 1. The average Bonchev–Trinajstić information content (AvgIpc) is 2.91. The van der Waals surface area contributed by atoms with Gasteiger partial charge < -0.3 is 9.84 Å². The van der Waals surface area contributed by atoms with E-state index in [1.807, 2.05) is 0 Å². The molecule has 1 aliphatic heterocycles. The largest absolute Gasteiger partial charge is 0.481 e. The van der Waals surface area contributed by atoms with E-state index in [-0.39, 0.29) is 6.10 Å². The maximum absolute atomic E-state index is 11.7. The molecule has 4 atom stereocenters. The lowest BCUT2D eigenvalue weighted by Gasteiger charge is -2.37. The van der Waals surface area contributed by atoms with E-state index in [0.29, 0.717) is 11.8 Å². The van der Waals surface area contributed by atoms with Crippen molar-refractivity contribution in [2.24, 2.45) is 17.3 Å². The summed E-state index contributed by atoms with van der Waals surface area (Å²) in [4.78, 5) is 11.7. The van der Waals surface area contributed by atoms with Crippen LogP contribution in [0.15, 0.2) is 0 Å². The number of carboxylic acids is 1. The van der Waals surface area contributed by atoms with E-state index < -0.39 is 11.4 Å². The molecular weight excluding hydrogens is 216 g/mol. The maximum Gasteiger partial charge on any atom is 0.310 e. The number of carbonyl (C=O) groups is 1. The van der Waals surface area contributed by atoms with Crippen LogP contribution in [0.3, 0.4) is 0 Å². The summed E-state index contributed by atoms with van der Waals surface area (Å²) < 4.78 is 5.76. The summed E-state index contributed by atoms with van der Waals surface area (Å²) in [7, 11) is 0. The van der Waals surface area contributed by atoms with E-state index in [1.54, 1.807) is 0 Å². The number of ether oxygens (including phenoxy) is 1. The lowest BCUT2D eigenvalue weighted by atomic mass is 9.69. The molecule has 3 nitrogen and oxygen atoms in total. The zero-order valence-corrected chi connectivity index (χ0v) is 10.4. The second kappa shape index (κ2) is 4.27. The van der Waals surface area contributed by atoms with Gasteiger partial charge in [-0.3, -0.25) is 4.79 Å². The highest BCUT2D eigenvalue weighted by molar-refractivity contribution is 5.76. The molecule has 0 amide bonds. The molecule has 2 bridgehead atoms. The molecule has 3 rings (SSSR count). The van der Waals surface area contributed by atoms with Gasteiger partial charge in [-0.1, -0.05) is 6.42 Å². The van der Waals surface area contributed by atoms with Gasteiger partial charge in [-0.2, -0.15) is 0 Å². The van der Waals surface area contributed by atoms with Crippen LogP contribution in [0.1, 0.15) is 51.4 Å². The molecule has 1 heterocycles. The zero-order valence-electron chi connectivity index (χ0n) is 10.4. The van der Waals surface area contributed by atoms with Crippen LogP contribution in [0, 0.1) is 17.3 Å². The van der Waals surface area contributed by atoms with E-state index in [9.17, 15) is 9.90 Å². The summed E-state index contributed by atoms with van der Waals surface area (Å²) in [5.74, 6) is 0.550. The Labute approximate surface area is 103 Å². The second-order valence-corrected chi connectivity index (χ2v) is 6.23. The summed E-state index contributed by atoms with van der Waals surface area (Å²) in [6, 6.07) is 0. The van der Waals surface area contributed by atoms with E-state index in [0.717, 1.165) is 45.1 Å². The lowest BCUT2D eigenvalue weighted by molar-refractivity contribution is -0.156. The van der Waals surface area contributed by atoms with Gasteiger partial charge in [-0.15, -0.1) is 0 Å². The van der Waals surface area contributed by atoms with Gasteiger partial charge in [-0.05, 0) is 56.8 Å². The van der Waals surface area contributed by atoms with Crippen molar-refractivity contribution in [1.82, 2.24) is 0 Å². The second-order valence-electron chi connectivity index (χ2n) is 6.23. The Kier molecular flexibility index (Phi) is 2.89. The maximum atomic E-state index is 11.7. The Bertz CT molecular complexity index is 309. The van der Waals surface area contributed by atoms with Gasteiger partial charge >= 0.3 is 5.97 Å². The van der Waals surface area contributed by atoms with Crippen molar-refractivity contribution in [1.29, 1.82) is 0 Å². The molecule has 3 aliphatic rings. The predicted octanol–water partition coefficient (Wildman–Crippen LogP) is 2.84. The molecule has 0 aromatic carbocycles. The van der Waals surface area contributed by atoms with Gasteiger partial charge in [0.2, 0.25) is 0 Å².